The SMILES string of the molecule is CCC(C)c1ccc(NC(=O)COC(=O)Cc2cccc(C(F)(F)F)c2)cc1. The number of amides is 1. The number of rotatable bonds is 7. The van der Waals surface area contributed by atoms with Gasteiger partial charge in [-0.25, -0.2) is 0 Å². The predicted octanol–water partition coefficient (Wildman–Crippen LogP) is 4.94. The van der Waals surface area contributed by atoms with Crippen molar-refractivity contribution in [2.24, 2.45) is 0 Å². The summed E-state index contributed by atoms with van der Waals surface area (Å²) in [6.45, 7) is 3.69. The highest BCUT2D eigenvalue weighted by Crippen LogP contribution is 2.29. The summed E-state index contributed by atoms with van der Waals surface area (Å²) in [4.78, 5) is 23.7. The Morgan fingerprint density at radius 1 is 1.11 bits per heavy atom. The van der Waals surface area contributed by atoms with Gasteiger partial charge < -0.3 is 10.1 Å². The second-order valence-corrected chi connectivity index (χ2v) is 6.52. The van der Waals surface area contributed by atoms with E-state index < -0.39 is 30.2 Å². The van der Waals surface area contributed by atoms with Gasteiger partial charge in [0.2, 0.25) is 0 Å². The molecule has 0 aliphatic heterocycles. The monoisotopic (exact) mass is 393 g/mol. The van der Waals surface area contributed by atoms with Gasteiger partial charge in [0.15, 0.2) is 6.61 Å². The highest BCUT2D eigenvalue weighted by Gasteiger charge is 2.30. The van der Waals surface area contributed by atoms with E-state index >= 15 is 0 Å². The zero-order chi connectivity index (χ0) is 20.7. The third kappa shape index (κ3) is 6.40. The molecule has 7 heteroatoms. The van der Waals surface area contributed by atoms with Crippen LogP contribution in [-0.4, -0.2) is 18.5 Å². The molecule has 0 aromatic heterocycles. The largest absolute Gasteiger partial charge is 0.455 e. The summed E-state index contributed by atoms with van der Waals surface area (Å²) in [7, 11) is 0. The van der Waals surface area contributed by atoms with E-state index in [1.54, 1.807) is 12.1 Å². The highest BCUT2D eigenvalue weighted by molar-refractivity contribution is 5.92. The summed E-state index contributed by atoms with van der Waals surface area (Å²) in [6.07, 6.45) is -3.82. The van der Waals surface area contributed by atoms with Crippen LogP contribution in [0.1, 0.15) is 42.9 Å². The molecule has 0 fully saturated rings. The molecule has 28 heavy (non-hydrogen) atoms. The Morgan fingerprint density at radius 3 is 2.39 bits per heavy atom. The molecule has 2 aromatic rings. The average Bonchev–Trinajstić information content (AvgIpc) is 2.66. The Kier molecular flexibility index (Phi) is 7.20. The minimum atomic E-state index is -4.48. The fourth-order valence-electron chi connectivity index (χ4n) is 2.55. The fourth-order valence-corrected chi connectivity index (χ4v) is 2.55. The van der Waals surface area contributed by atoms with E-state index in [9.17, 15) is 22.8 Å². The Labute approximate surface area is 161 Å². The third-order valence-electron chi connectivity index (χ3n) is 4.34. The van der Waals surface area contributed by atoms with Crippen molar-refractivity contribution in [1.29, 1.82) is 0 Å². The maximum Gasteiger partial charge on any atom is 0.416 e. The average molecular weight is 393 g/mol. The summed E-state index contributed by atoms with van der Waals surface area (Å²) >= 11 is 0. The van der Waals surface area contributed by atoms with Crippen LogP contribution < -0.4 is 5.32 Å². The van der Waals surface area contributed by atoms with Crippen LogP contribution in [0.4, 0.5) is 18.9 Å². The van der Waals surface area contributed by atoms with Gasteiger partial charge in [0.1, 0.15) is 0 Å². The van der Waals surface area contributed by atoms with Crippen LogP contribution in [0.25, 0.3) is 0 Å². The summed E-state index contributed by atoms with van der Waals surface area (Å²) < 4.78 is 42.9. The Hall–Kier alpha value is -2.83. The molecule has 4 nitrogen and oxygen atoms in total. The normalized spacial score (nSPS) is 12.3. The van der Waals surface area contributed by atoms with Crippen molar-refractivity contribution in [2.75, 3.05) is 11.9 Å². The maximum atomic E-state index is 12.7. The predicted molar refractivity (Wildman–Crippen MR) is 99.9 cm³/mol. The zero-order valence-electron chi connectivity index (χ0n) is 15.7. The number of nitrogens with one attached hydrogen (secondary N) is 1. The Bertz CT molecular complexity index is 816. The molecule has 1 amide bonds. The van der Waals surface area contributed by atoms with Gasteiger partial charge in [0, 0.05) is 5.69 Å². The summed E-state index contributed by atoms with van der Waals surface area (Å²) in [5.41, 5.74) is 1.07. The summed E-state index contributed by atoms with van der Waals surface area (Å²) in [5.74, 6) is -0.878. The molecule has 1 atom stereocenters. The van der Waals surface area contributed by atoms with Crippen LogP contribution in [0.3, 0.4) is 0 Å². The minimum absolute atomic E-state index is 0.167. The van der Waals surface area contributed by atoms with Gasteiger partial charge in [0.05, 0.1) is 12.0 Å². The Morgan fingerprint density at radius 2 is 1.79 bits per heavy atom. The highest BCUT2D eigenvalue weighted by atomic mass is 19.4. The number of hydrogen-bond acceptors (Lipinski definition) is 3. The van der Waals surface area contributed by atoms with Crippen LogP contribution in [0, 0.1) is 0 Å². The van der Waals surface area contributed by atoms with Crippen LogP contribution in [-0.2, 0) is 26.9 Å². The van der Waals surface area contributed by atoms with Crippen LogP contribution in [0.2, 0.25) is 0 Å². The van der Waals surface area contributed by atoms with Gasteiger partial charge >= 0.3 is 12.1 Å². The lowest BCUT2D eigenvalue weighted by molar-refractivity contribution is -0.146. The number of alkyl halides is 3. The molecule has 2 rings (SSSR count). The molecule has 1 unspecified atom stereocenters. The molecule has 0 saturated carbocycles. The number of benzene rings is 2. The molecule has 150 valence electrons. The molecule has 0 spiro atoms. The number of carbonyl (C=O) groups excluding carboxylic acids is 2. The first kappa shape index (κ1) is 21.5. The first-order chi connectivity index (χ1) is 13.2. The molecular weight excluding hydrogens is 371 g/mol. The first-order valence-electron chi connectivity index (χ1n) is 8.90. The van der Waals surface area contributed by atoms with Gasteiger partial charge in [-0.3, -0.25) is 9.59 Å². The van der Waals surface area contributed by atoms with Crippen molar-refractivity contribution < 1.29 is 27.5 Å². The molecular formula is C21H22F3NO3. The smallest absolute Gasteiger partial charge is 0.416 e. The standard InChI is InChI=1S/C21H22F3NO3/c1-3-14(2)16-7-9-18(10-8-16)25-19(26)13-28-20(27)12-15-5-4-6-17(11-15)21(22,23)24/h4-11,14H,3,12-13H2,1-2H3,(H,25,26). The van der Waals surface area contributed by atoms with Gasteiger partial charge in [-0.15, -0.1) is 0 Å². The number of ether oxygens (including phenoxy) is 1. The second kappa shape index (κ2) is 9.39. The van der Waals surface area contributed by atoms with Gasteiger partial charge in [-0.1, -0.05) is 44.2 Å². The van der Waals surface area contributed by atoms with Gasteiger partial charge in [-0.2, -0.15) is 13.2 Å². The molecule has 1 N–H and O–H groups in total. The number of hydrogen-bond donors (Lipinski definition) is 1. The van der Waals surface area contributed by atoms with E-state index in [1.807, 2.05) is 12.1 Å². The third-order valence-corrected chi connectivity index (χ3v) is 4.34. The molecule has 2 aromatic carbocycles. The molecule has 0 heterocycles. The minimum Gasteiger partial charge on any atom is -0.455 e. The quantitative estimate of drug-likeness (QED) is 0.678. The van der Waals surface area contributed by atoms with Crippen molar-refractivity contribution in [2.45, 2.75) is 38.8 Å². The van der Waals surface area contributed by atoms with E-state index in [0.717, 1.165) is 24.1 Å². The number of anilines is 1. The summed E-state index contributed by atoms with van der Waals surface area (Å²) in [5, 5.41) is 2.61. The lowest BCUT2D eigenvalue weighted by atomic mass is 9.99. The van der Waals surface area contributed by atoms with Crippen LogP contribution in [0.5, 0.6) is 0 Å². The van der Waals surface area contributed by atoms with Gasteiger partial charge in [0.25, 0.3) is 5.91 Å². The van der Waals surface area contributed by atoms with E-state index in [-0.39, 0.29) is 12.0 Å². The van der Waals surface area contributed by atoms with E-state index in [0.29, 0.717) is 11.6 Å². The van der Waals surface area contributed by atoms with E-state index in [1.165, 1.54) is 12.1 Å². The topological polar surface area (TPSA) is 55.4 Å². The van der Waals surface area contributed by atoms with E-state index in [4.69, 9.17) is 4.74 Å². The molecule has 0 bridgehead atoms. The Balaban J connectivity index is 1.83. The maximum absolute atomic E-state index is 12.7. The van der Waals surface area contributed by atoms with Gasteiger partial charge in [-0.05, 0) is 41.7 Å². The van der Waals surface area contributed by atoms with E-state index in [2.05, 4.69) is 19.2 Å². The van der Waals surface area contributed by atoms with Crippen LogP contribution in [0.15, 0.2) is 48.5 Å². The van der Waals surface area contributed by atoms with Crippen molar-refractivity contribution in [3.8, 4) is 0 Å². The van der Waals surface area contributed by atoms with Crippen molar-refractivity contribution in [3.63, 3.8) is 0 Å². The fraction of sp³-hybridized carbons (Fsp3) is 0.333. The molecule has 0 radical (unpaired) electrons. The second-order valence-electron chi connectivity index (χ2n) is 6.52. The molecule has 0 aliphatic rings. The first-order valence-corrected chi connectivity index (χ1v) is 8.90. The van der Waals surface area contributed by atoms with Crippen LogP contribution >= 0.6 is 0 Å². The lowest BCUT2D eigenvalue weighted by Crippen LogP contribution is -2.21. The molecule has 0 aliphatic carbocycles. The van der Waals surface area contributed by atoms with Crippen molar-refractivity contribution in [1.82, 2.24) is 0 Å². The zero-order valence-corrected chi connectivity index (χ0v) is 15.7. The number of carbonyl (C=O) groups is 2. The van der Waals surface area contributed by atoms with Crippen molar-refractivity contribution in [3.05, 3.63) is 65.2 Å². The number of halogens is 3. The lowest BCUT2D eigenvalue weighted by Gasteiger charge is -2.11. The van der Waals surface area contributed by atoms with Crippen molar-refractivity contribution >= 4 is 17.6 Å². The summed E-state index contributed by atoms with van der Waals surface area (Å²) in [6, 6.07) is 11.8. The number of esters is 1. The molecule has 0 saturated heterocycles.